The van der Waals surface area contributed by atoms with E-state index in [1.165, 1.54) is 0 Å². The summed E-state index contributed by atoms with van der Waals surface area (Å²) in [6, 6.07) is 5.81. The molecule has 0 aliphatic carbocycles. The summed E-state index contributed by atoms with van der Waals surface area (Å²) in [4.78, 5) is 23.5. The second-order valence-corrected chi connectivity index (χ2v) is 7.23. The summed E-state index contributed by atoms with van der Waals surface area (Å²) in [6.07, 6.45) is 3.72. The molecule has 0 bridgehead atoms. The highest BCUT2D eigenvalue weighted by Crippen LogP contribution is 2.24. The van der Waals surface area contributed by atoms with E-state index in [1.807, 2.05) is 39.0 Å². The first-order valence-electron chi connectivity index (χ1n) is 9.39. The quantitative estimate of drug-likeness (QED) is 0.860. The van der Waals surface area contributed by atoms with Crippen molar-refractivity contribution >= 4 is 11.9 Å². The Morgan fingerprint density at radius 1 is 1.27 bits per heavy atom. The Balaban J connectivity index is 1.46. The number of hydrogen-bond donors (Lipinski definition) is 1. The molecule has 1 amide bonds. The summed E-state index contributed by atoms with van der Waals surface area (Å²) in [5.74, 6) is 3.07. The maximum absolute atomic E-state index is 12.1. The summed E-state index contributed by atoms with van der Waals surface area (Å²) < 4.78 is 5.48. The van der Waals surface area contributed by atoms with Crippen molar-refractivity contribution in [2.75, 3.05) is 18.0 Å². The maximum atomic E-state index is 12.1. The molecule has 26 heavy (non-hydrogen) atoms. The average Bonchev–Trinajstić information content (AvgIpc) is 3.03. The average molecular weight is 356 g/mol. The molecule has 2 aromatic rings. The van der Waals surface area contributed by atoms with Gasteiger partial charge < -0.3 is 14.6 Å². The van der Waals surface area contributed by atoms with Gasteiger partial charge in [-0.3, -0.25) is 4.79 Å². The minimum Gasteiger partial charge on any atom is -0.465 e. The Bertz CT molecular complexity index is 736. The predicted molar refractivity (Wildman–Crippen MR) is 101 cm³/mol. The molecule has 1 atom stereocenters. The maximum Gasteiger partial charge on any atom is 0.225 e. The van der Waals surface area contributed by atoms with Crippen molar-refractivity contribution < 1.29 is 9.21 Å². The van der Waals surface area contributed by atoms with Crippen LogP contribution >= 0.6 is 0 Å². The first-order chi connectivity index (χ1) is 12.5. The second kappa shape index (κ2) is 8.34. The molecule has 1 N–H and O–H groups in total. The van der Waals surface area contributed by atoms with E-state index in [4.69, 9.17) is 4.42 Å². The number of nitrogens with one attached hydrogen (secondary N) is 1. The molecule has 0 aromatic carbocycles. The van der Waals surface area contributed by atoms with Gasteiger partial charge >= 0.3 is 0 Å². The molecule has 6 heteroatoms. The van der Waals surface area contributed by atoms with Crippen LogP contribution < -0.4 is 10.2 Å². The number of carbonyl (C=O) groups excluding carboxylic acids is 1. The molecular formula is C20H28N4O2. The van der Waals surface area contributed by atoms with Gasteiger partial charge in [-0.2, -0.15) is 0 Å². The Morgan fingerprint density at radius 3 is 2.73 bits per heavy atom. The molecule has 140 valence electrons. The fraction of sp³-hybridized carbons (Fsp3) is 0.550. The second-order valence-electron chi connectivity index (χ2n) is 7.23. The van der Waals surface area contributed by atoms with Crippen LogP contribution in [0.5, 0.6) is 0 Å². The Hall–Kier alpha value is -2.37. The summed E-state index contributed by atoms with van der Waals surface area (Å²) in [7, 11) is 0. The molecule has 2 aromatic heterocycles. The van der Waals surface area contributed by atoms with Gasteiger partial charge in [-0.05, 0) is 64.2 Å². The van der Waals surface area contributed by atoms with Crippen molar-refractivity contribution in [1.29, 1.82) is 0 Å². The van der Waals surface area contributed by atoms with Crippen molar-refractivity contribution in [3.05, 3.63) is 41.1 Å². The summed E-state index contributed by atoms with van der Waals surface area (Å²) in [5.41, 5.74) is 2.00. The topological polar surface area (TPSA) is 71.3 Å². The van der Waals surface area contributed by atoms with Crippen LogP contribution in [0, 0.1) is 26.7 Å². The van der Waals surface area contributed by atoms with Crippen molar-refractivity contribution in [2.24, 2.45) is 5.92 Å². The van der Waals surface area contributed by atoms with E-state index in [1.54, 1.807) is 0 Å². The highest BCUT2D eigenvalue weighted by molar-refractivity contribution is 5.75. The van der Waals surface area contributed by atoms with Crippen molar-refractivity contribution in [2.45, 2.75) is 53.0 Å². The number of furan rings is 1. The number of amides is 1. The van der Waals surface area contributed by atoms with Crippen LogP contribution in [-0.2, 0) is 11.3 Å². The lowest BCUT2D eigenvalue weighted by molar-refractivity contribution is -0.121. The highest BCUT2D eigenvalue weighted by Gasteiger charge is 2.22. The molecule has 1 fully saturated rings. The largest absolute Gasteiger partial charge is 0.465 e. The minimum absolute atomic E-state index is 0.0822. The molecule has 1 aliphatic heterocycles. The molecule has 3 heterocycles. The summed E-state index contributed by atoms with van der Waals surface area (Å²) in [5, 5.41) is 2.94. The third-order valence-electron chi connectivity index (χ3n) is 4.81. The molecule has 1 unspecified atom stereocenters. The van der Waals surface area contributed by atoms with Crippen molar-refractivity contribution in [1.82, 2.24) is 15.3 Å². The van der Waals surface area contributed by atoms with Gasteiger partial charge in [-0.1, -0.05) is 0 Å². The lowest BCUT2D eigenvalue weighted by atomic mass is 9.93. The number of rotatable bonds is 6. The van der Waals surface area contributed by atoms with Gasteiger partial charge in [-0.15, -0.1) is 0 Å². The van der Waals surface area contributed by atoms with Gasteiger partial charge in [0.2, 0.25) is 11.9 Å². The fourth-order valence-electron chi connectivity index (χ4n) is 3.52. The van der Waals surface area contributed by atoms with Crippen LogP contribution in [0.3, 0.4) is 0 Å². The van der Waals surface area contributed by atoms with E-state index in [2.05, 4.69) is 20.2 Å². The number of piperidine rings is 1. The molecule has 0 spiro atoms. The number of aromatic nitrogens is 2. The van der Waals surface area contributed by atoms with E-state index in [9.17, 15) is 4.79 Å². The lowest BCUT2D eigenvalue weighted by Gasteiger charge is -2.33. The van der Waals surface area contributed by atoms with Gasteiger partial charge in [0.15, 0.2) is 0 Å². The monoisotopic (exact) mass is 356 g/mol. The Kier molecular flexibility index (Phi) is 5.91. The van der Waals surface area contributed by atoms with E-state index in [0.717, 1.165) is 61.2 Å². The number of hydrogen-bond acceptors (Lipinski definition) is 5. The Labute approximate surface area is 155 Å². The normalized spacial score (nSPS) is 17.3. The number of anilines is 1. The van der Waals surface area contributed by atoms with Gasteiger partial charge in [0.1, 0.15) is 11.5 Å². The Morgan fingerprint density at radius 2 is 2.04 bits per heavy atom. The van der Waals surface area contributed by atoms with Gasteiger partial charge in [-0.25, -0.2) is 9.97 Å². The van der Waals surface area contributed by atoms with E-state index < -0.39 is 0 Å². The zero-order valence-corrected chi connectivity index (χ0v) is 15.9. The van der Waals surface area contributed by atoms with Crippen LogP contribution in [0.4, 0.5) is 5.95 Å². The lowest BCUT2D eigenvalue weighted by Crippen LogP contribution is -2.37. The third kappa shape index (κ3) is 5.07. The molecule has 3 rings (SSSR count). The van der Waals surface area contributed by atoms with Gasteiger partial charge in [0.25, 0.3) is 0 Å². The molecule has 6 nitrogen and oxygen atoms in total. The van der Waals surface area contributed by atoms with Crippen LogP contribution in [0.25, 0.3) is 0 Å². The van der Waals surface area contributed by atoms with E-state index in [0.29, 0.717) is 18.9 Å². The van der Waals surface area contributed by atoms with Crippen LogP contribution in [0.15, 0.2) is 22.6 Å². The molecular weight excluding hydrogens is 328 g/mol. The van der Waals surface area contributed by atoms with E-state index >= 15 is 0 Å². The highest BCUT2D eigenvalue weighted by atomic mass is 16.3. The predicted octanol–water partition coefficient (Wildman–Crippen LogP) is 3.31. The molecule has 0 saturated carbocycles. The number of aryl methyl sites for hydroxylation is 3. The summed E-state index contributed by atoms with van der Waals surface area (Å²) in [6.45, 7) is 8.28. The minimum atomic E-state index is 0.0822. The SMILES string of the molecule is Cc1cc(C)nc(N2CCCC(CCC(=O)NCc3ccc(C)o3)C2)n1. The van der Waals surface area contributed by atoms with E-state index in [-0.39, 0.29) is 5.91 Å². The zero-order valence-electron chi connectivity index (χ0n) is 15.9. The van der Waals surface area contributed by atoms with Gasteiger partial charge in [0.05, 0.1) is 6.54 Å². The number of carbonyl (C=O) groups is 1. The standard InChI is InChI=1S/C20H28N4O2/c1-14-11-15(2)23-20(22-14)24-10-4-5-17(13-24)7-9-19(25)21-12-18-8-6-16(3)26-18/h6,8,11,17H,4-5,7,9-10,12-13H2,1-3H3,(H,21,25). The number of nitrogens with zero attached hydrogens (tertiary/aromatic N) is 3. The first kappa shape index (κ1) is 18.4. The summed E-state index contributed by atoms with van der Waals surface area (Å²) >= 11 is 0. The van der Waals surface area contributed by atoms with Crippen LogP contribution in [0.2, 0.25) is 0 Å². The molecule has 0 radical (unpaired) electrons. The first-order valence-corrected chi connectivity index (χ1v) is 9.39. The fourth-order valence-corrected chi connectivity index (χ4v) is 3.52. The zero-order chi connectivity index (χ0) is 18.5. The van der Waals surface area contributed by atoms with Crippen molar-refractivity contribution in [3.8, 4) is 0 Å². The smallest absolute Gasteiger partial charge is 0.225 e. The van der Waals surface area contributed by atoms with Gasteiger partial charge in [0, 0.05) is 30.9 Å². The molecule has 1 aliphatic rings. The van der Waals surface area contributed by atoms with Crippen LogP contribution in [-0.4, -0.2) is 29.0 Å². The van der Waals surface area contributed by atoms with Crippen molar-refractivity contribution in [3.63, 3.8) is 0 Å². The molecule has 1 saturated heterocycles. The van der Waals surface area contributed by atoms with Crippen LogP contribution in [0.1, 0.15) is 48.6 Å². The third-order valence-corrected chi connectivity index (χ3v) is 4.81.